The number of hydrogen-bond acceptors (Lipinski definition) is 4. The maximum Gasteiger partial charge on any atom is 0.308 e. The minimum Gasteiger partial charge on any atom is -0.460 e. The number of carbonyl (C=O) groups excluding carboxylic acids is 1. The zero-order chi connectivity index (χ0) is 13.6. The fourth-order valence-corrected chi connectivity index (χ4v) is 2.60. The fourth-order valence-electron chi connectivity index (χ4n) is 2.39. The van der Waals surface area contributed by atoms with E-state index in [9.17, 15) is 9.59 Å². The summed E-state index contributed by atoms with van der Waals surface area (Å²) in [5, 5.41) is 0.662. The third-order valence-electron chi connectivity index (χ3n) is 3.21. The lowest BCUT2D eigenvalue weighted by molar-refractivity contribution is -0.131. The summed E-state index contributed by atoms with van der Waals surface area (Å²) < 4.78 is 10.7. The van der Waals surface area contributed by atoms with E-state index in [-0.39, 0.29) is 16.2 Å². The summed E-state index contributed by atoms with van der Waals surface area (Å²) in [6.45, 7) is 1.29. The normalized spacial score (nSPS) is 13.6. The summed E-state index contributed by atoms with van der Waals surface area (Å²) in [7, 11) is 0. The molecule has 0 N–H and O–H groups in total. The van der Waals surface area contributed by atoms with Gasteiger partial charge in [-0.3, -0.25) is 9.59 Å². The zero-order valence-corrected chi connectivity index (χ0v) is 11.0. The molecule has 1 aromatic heterocycles. The molecule has 19 heavy (non-hydrogen) atoms. The van der Waals surface area contributed by atoms with Crippen LogP contribution in [0.1, 0.15) is 24.7 Å². The average Bonchev–Trinajstić information content (AvgIpc) is 2.79. The van der Waals surface area contributed by atoms with Gasteiger partial charge in [-0.2, -0.15) is 0 Å². The second kappa shape index (κ2) is 4.38. The van der Waals surface area contributed by atoms with Crippen molar-refractivity contribution in [3.8, 4) is 5.75 Å². The Morgan fingerprint density at radius 2 is 2.16 bits per heavy atom. The summed E-state index contributed by atoms with van der Waals surface area (Å²) in [6, 6.07) is 3.00. The molecule has 3 rings (SSSR count). The quantitative estimate of drug-likeness (QED) is 0.594. The second-order valence-electron chi connectivity index (χ2n) is 4.56. The molecule has 0 aliphatic heterocycles. The minimum atomic E-state index is -0.468. The Morgan fingerprint density at radius 1 is 1.37 bits per heavy atom. The lowest BCUT2D eigenvalue weighted by Crippen LogP contribution is -2.09. The van der Waals surface area contributed by atoms with Crippen LogP contribution in [-0.2, 0) is 17.6 Å². The first kappa shape index (κ1) is 12.2. The first-order valence-electron chi connectivity index (χ1n) is 6.03. The van der Waals surface area contributed by atoms with E-state index in [4.69, 9.17) is 20.8 Å². The largest absolute Gasteiger partial charge is 0.460 e. The van der Waals surface area contributed by atoms with Crippen molar-refractivity contribution in [2.45, 2.75) is 26.2 Å². The lowest BCUT2D eigenvalue weighted by Gasteiger charge is -2.07. The smallest absolute Gasteiger partial charge is 0.308 e. The van der Waals surface area contributed by atoms with E-state index < -0.39 is 5.97 Å². The van der Waals surface area contributed by atoms with Gasteiger partial charge < -0.3 is 9.15 Å². The Labute approximate surface area is 113 Å². The standard InChI is InChI=1S/C14H11ClO4/c1-7(16)18-13-6-12-9(5-10(13)15)14(17)8-3-2-4-11(8)19-12/h5-6H,2-4H2,1H3. The van der Waals surface area contributed by atoms with Crippen LogP contribution in [0.4, 0.5) is 0 Å². The number of ether oxygens (including phenoxy) is 1. The summed E-state index contributed by atoms with van der Waals surface area (Å²) in [4.78, 5) is 23.3. The van der Waals surface area contributed by atoms with E-state index in [0.717, 1.165) is 30.6 Å². The van der Waals surface area contributed by atoms with E-state index in [0.29, 0.717) is 11.0 Å². The highest BCUT2D eigenvalue weighted by Gasteiger charge is 2.20. The van der Waals surface area contributed by atoms with E-state index in [2.05, 4.69) is 0 Å². The maximum absolute atomic E-state index is 12.3. The molecular weight excluding hydrogens is 268 g/mol. The van der Waals surface area contributed by atoms with Gasteiger partial charge in [0.15, 0.2) is 11.2 Å². The fraction of sp³-hybridized carbons (Fsp3) is 0.286. The molecule has 0 amide bonds. The van der Waals surface area contributed by atoms with Crippen LogP contribution in [0.25, 0.3) is 11.0 Å². The molecule has 0 unspecified atom stereocenters. The van der Waals surface area contributed by atoms with Crippen LogP contribution in [0.15, 0.2) is 21.3 Å². The molecular formula is C14H11ClO4. The van der Waals surface area contributed by atoms with Crippen molar-refractivity contribution in [3.05, 3.63) is 38.7 Å². The summed E-state index contributed by atoms with van der Waals surface area (Å²) in [6.07, 6.45) is 2.44. The molecule has 0 bridgehead atoms. The van der Waals surface area contributed by atoms with Crippen molar-refractivity contribution in [3.63, 3.8) is 0 Å². The summed E-state index contributed by atoms with van der Waals surface area (Å²) in [5.41, 5.74) is 1.11. The van der Waals surface area contributed by atoms with Gasteiger partial charge in [-0.15, -0.1) is 0 Å². The number of fused-ring (bicyclic) bond motifs is 2. The van der Waals surface area contributed by atoms with E-state index >= 15 is 0 Å². The number of carbonyl (C=O) groups is 1. The van der Waals surface area contributed by atoms with Crippen LogP contribution in [-0.4, -0.2) is 5.97 Å². The number of benzene rings is 1. The SMILES string of the molecule is CC(=O)Oc1cc2oc3c(c(=O)c2cc1Cl)CCC3. The highest BCUT2D eigenvalue weighted by atomic mass is 35.5. The van der Waals surface area contributed by atoms with E-state index in [1.54, 1.807) is 0 Å². The van der Waals surface area contributed by atoms with Crippen LogP contribution < -0.4 is 10.2 Å². The number of esters is 1. The van der Waals surface area contributed by atoms with Gasteiger partial charge in [-0.05, 0) is 18.9 Å². The van der Waals surface area contributed by atoms with Crippen LogP contribution in [0.2, 0.25) is 5.02 Å². The Morgan fingerprint density at radius 3 is 2.89 bits per heavy atom. The molecule has 1 aromatic carbocycles. The molecule has 0 atom stereocenters. The summed E-state index contributed by atoms with van der Waals surface area (Å²) >= 11 is 6.01. The predicted molar refractivity (Wildman–Crippen MR) is 70.8 cm³/mol. The Kier molecular flexibility index (Phi) is 2.82. The van der Waals surface area contributed by atoms with Crippen molar-refractivity contribution in [1.29, 1.82) is 0 Å². The van der Waals surface area contributed by atoms with Gasteiger partial charge in [0.25, 0.3) is 0 Å². The van der Waals surface area contributed by atoms with Crippen molar-refractivity contribution in [2.75, 3.05) is 0 Å². The molecule has 1 aliphatic carbocycles. The van der Waals surface area contributed by atoms with Crippen molar-refractivity contribution in [1.82, 2.24) is 0 Å². The Bertz CT molecular complexity index is 745. The van der Waals surface area contributed by atoms with E-state index in [1.807, 2.05) is 0 Å². The van der Waals surface area contributed by atoms with Gasteiger partial charge in [0.05, 0.1) is 10.4 Å². The van der Waals surface area contributed by atoms with Crippen LogP contribution >= 0.6 is 11.6 Å². The van der Waals surface area contributed by atoms with Gasteiger partial charge in [0, 0.05) is 25.0 Å². The molecule has 0 saturated heterocycles. The van der Waals surface area contributed by atoms with Gasteiger partial charge in [-0.1, -0.05) is 11.6 Å². The number of hydrogen-bond donors (Lipinski definition) is 0. The van der Waals surface area contributed by atoms with Crippen LogP contribution in [0.5, 0.6) is 5.75 Å². The molecule has 4 nitrogen and oxygen atoms in total. The lowest BCUT2D eigenvalue weighted by atomic mass is 10.1. The predicted octanol–water partition coefficient (Wildman–Crippen LogP) is 2.86. The molecule has 0 fully saturated rings. The molecule has 0 saturated carbocycles. The topological polar surface area (TPSA) is 56.5 Å². The number of halogens is 1. The Balaban J connectivity index is 2.27. The summed E-state index contributed by atoms with van der Waals surface area (Å²) in [5.74, 6) is 0.473. The minimum absolute atomic E-state index is 0.0370. The van der Waals surface area contributed by atoms with Crippen molar-refractivity contribution < 1.29 is 13.9 Å². The van der Waals surface area contributed by atoms with Gasteiger partial charge in [0.1, 0.15) is 11.3 Å². The second-order valence-corrected chi connectivity index (χ2v) is 4.97. The van der Waals surface area contributed by atoms with Crippen molar-refractivity contribution in [2.24, 2.45) is 0 Å². The molecule has 1 aliphatic rings. The molecule has 5 heteroatoms. The van der Waals surface area contributed by atoms with Crippen LogP contribution in [0.3, 0.4) is 0 Å². The maximum atomic E-state index is 12.3. The number of aryl methyl sites for hydroxylation is 1. The Hall–Kier alpha value is -1.81. The first-order chi connectivity index (χ1) is 9.06. The van der Waals surface area contributed by atoms with E-state index in [1.165, 1.54) is 19.1 Å². The third-order valence-corrected chi connectivity index (χ3v) is 3.50. The molecule has 1 heterocycles. The van der Waals surface area contributed by atoms with Crippen molar-refractivity contribution >= 4 is 28.5 Å². The van der Waals surface area contributed by atoms with Gasteiger partial charge in [0.2, 0.25) is 0 Å². The highest BCUT2D eigenvalue weighted by Crippen LogP contribution is 2.31. The molecule has 98 valence electrons. The molecule has 2 aromatic rings. The monoisotopic (exact) mass is 278 g/mol. The average molecular weight is 279 g/mol. The molecule has 0 spiro atoms. The highest BCUT2D eigenvalue weighted by molar-refractivity contribution is 6.32. The number of rotatable bonds is 1. The molecule has 0 radical (unpaired) electrons. The third kappa shape index (κ3) is 2.02. The first-order valence-corrected chi connectivity index (χ1v) is 6.40. The van der Waals surface area contributed by atoms with Gasteiger partial charge >= 0.3 is 5.97 Å². The van der Waals surface area contributed by atoms with Gasteiger partial charge in [-0.25, -0.2) is 0 Å². The zero-order valence-electron chi connectivity index (χ0n) is 10.3. The van der Waals surface area contributed by atoms with Crippen LogP contribution in [0, 0.1) is 0 Å².